The van der Waals surface area contributed by atoms with Crippen molar-refractivity contribution in [1.29, 1.82) is 0 Å². The molecule has 1 N–H and O–H groups in total. The van der Waals surface area contributed by atoms with E-state index in [2.05, 4.69) is 5.32 Å². The molecule has 0 saturated carbocycles. The van der Waals surface area contributed by atoms with Gasteiger partial charge in [-0.2, -0.15) is 13.2 Å². The van der Waals surface area contributed by atoms with Gasteiger partial charge in [-0.1, -0.05) is 41.9 Å². The van der Waals surface area contributed by atoms with Crippen LogP contribution in [0.25, 0.3) is 0 Å². The van der Waals surface area contributed by atoms with Gasteiger partial charge in [0.1, 0.15) is 6.54 Å². The Balaban J connectivity index is 2.24. The lowest BCUT2D eigenvalue weighted by molar-refractivity contribution is -0.137. The third kappa shape index (κ3) is 6.63. The average molecular weight is 463 g/mol. The van der Waals surface area contributed by atoms with E-state index in [1.54, 1.807) is 13.8 Å². The largest absolute Gasteiger partial charge is 0.417 e. The molecule has 30 heavy (non-hydrogen) atoms. The zero-order valence-corrected chi connectivity index (χ0v) is 18.2. The smallest absolute Gasteiger partial charge is 0.349 e. The minimum Gasteiger partial charge on any atom is -0.349 e. The number of anilines is 1. The third-order valence-electron chi connectivity index (χ3n) is 4.20. The summed E-state index contributed by atoms with van der Waals surface area (Å²) in [5.41, 5.74) is -1.22. The van der Waals surface area contributed by atoms with Crippen LogP contribution >= 0.6 is 11.6 Å². The lowest BCUT2D eigenvalue weighted by atomic mass is 9.95. The van der Waals surface area contributed by atoms with Gasteiger partial charge in [0.2, 0.25) is 15.9 Å². The molecule has 2 aromatic rings. The molecule has 0 unspecified atom stereocenters. The quantitative estimate of drug-likeness (QED) is 0.668. The van der Waals surface area contributed by atoms with Crippen molar-refractivity contribution in [2.24, 2.45) is 0 Å². The number of amides is 1. The normalized spacial score (nSPS) is 12.5. The number of nitrogens with zero attached hydrogens (tertiary/aromatic N) is 1. The van der Waals surface area contributed by atoms with Crippen molar-refractivity contribution in [1.82, 2.24) is 5.32 Å². The fourth-order valence-corrected chi connectivity index (χ4v) is 4.06. The molecule has 0 spiro atoms. The maximum Gasteiger partial charge on any atom is 0.417 e. The van der Waals surface area contributed by atoms with Crippen molar-refractivity contribution < 1.29 is 26.4 Å². The molecule has 0 aromatic heterocycles. The van der Waals surface area contributed by atoms with Gasteiger partial charge < -0.3 is 5.32 Å². The first-order chi connectivity index (χ1) is 13.7. The van der Waals surface area contributed by atoms with Gasteiger partial charge in [-0.3, -0.25) is 9.10 Å². The second kappa shape index (κ2) is 8.85. The predicted molar refractivity (Wildman–Crippen MR) is 111 cm³/mol. The SMILES string of the molecule is CC(C)(Cc1ccccc1)NC(=O)CN(c1ccc(Cl)c(C(F)(F)F)c1)S(C)(=O)=O. The second-order valence-corrected chi connectivity index (χ2v) is 9.84. The Labute approximate surface area is 178 Å². The van der Waals surface area contributed by atoms with Gasteiger partial charge in [0.25, 0.3) is 0 Å². The number of halogens is 4. The molecule has 164 valence electrons. The number of rotatable bonds is 7. The number of nitrogens with one attached hydrogen (secondary N) is 1. The van der Waals surface area contributed by atoms with Crippen LogP contribution in [-0.4, -0.2) is 32.7 Å². The molecule has 0 aliphatic heterocycles. The Bertz CT molecular complexity index is 1010. The molecule has 0 radical (unpaired) electrons. The van der Waals surface area contributed by atoms with Crippen LogP contribution in [0, 0.1) is 0 Å². The molecule has 2 rings (SSSR count). The first-order valence-corrected chi connectivity index (χ1v) is 11.1. The van der Waals surface area contributed by atoms with Gasteiger partial charge in [0, 0.05) is 5.54 Å². The highest BCUT2D eigenvalue weighted by molar-refractivity contribution is 7.92. The molecule has 0 aliphatic carbocycles. The Morgan fingerprint density at radius 2 is 1.70 bits per heavy atom. The van der Waals surface area contributed by atoms with E-state index in [1.807, 2.05) is 30.3 Å². The Morgan fingerprint density at radius 1 is 1.10 bits per heavy atom. The molecule has 0 atom stereocenters. The minimum atomic E-state index is -4.77. The van der Waals surface area contributed by atoms with E-state index in [0.717, 1.165) is 24.0 Å². The van der Waals surface area contributed by atoms with Crippen LogP contribution in [0.5, 0.6) is 0 Å². The van der Waals surface area contributed by atoms with Crippen LogP contribution < -0.4 is 9.62 Å². The van der Waals surface area contributed by atoms with Crippen LogP contribution in [0.4, 0.5) is 18.9 Å². The Kier molecular flexibility index (Phi) is 7.08. The summed E-state index contributed by atoms with van der Waals surface area (Å²) in [6, 6.07) is 12.1. The lowest BCUT2D eigenvalue weighted by Crippen LogP contribution is -2.50. The van der Waals surface area contributed by atoms with Crippen LogP contribution in [-0.2, 0) is 27.4 Å². The van der Waals surface area contributed by atoms with E-state index >= 15 is 0 Å². The van der Waals surface area contributed by atoms with Gasteiger partial charge in [0.15, 0.2) is 0 Å². The number of alkyl halides is 3. The molecule has 0 aliphatic rings. The van der Waals surface area contributed by atoms with Crippen molar-refractivity contribution in [2.75, 3.05) is 17.1 Å². The number of carbonyl (C=O) groups is 1. The van der Waals surface area contributed by atoms with Gasteiger partial charge in [-0.25, -0.2) is 8.42 Å². The van der Waals surface area contributed by atoms with E-state index < -0.39 is 44.8 Å². The monoisotopic (exact) mass is 462 g/mol. The second-order valence-electron chi connectivity index (χ2n) is 7.53. The number of carbonyl (C=O) groups excluding carboxylic acids is 1. The van der Waals surface area contributed by atoms with Crippen LogP contribution in [0.2, 0.25) is 5.02 Å². The topological polar surface area (TPSA) is 66.5 Å². The van der Waals surface area contributed by atoms with Crippen molar-refractivity contribution in [3.8, 4) is 0 Å². The zero-order chi connectivity index (χ0) is 22.7. The summed E-state index contributed by atoms with van der Waals surface area (Å²) in [4.78, 5) is 12.6. The van der Waals surface area contributed by atoms with Crippen LogP contribution in [0.3, 0.4) is 0 Å². The van der Waals surface area contributed by atoms with Gasteiger partial charge in [0.05, 0.1) is 22.5 Å². The van der Waals surface area contributed by atoms with Gasteiger partial charge in [-0.15, -0.1) is 0 Å². The van der Waals surface area contributed by atoms with E-state index in [9.17, 15) is 26.4 Å². The summed E-state index contributed by atoms with van der Waals surface area (Å²) in [6.45, 7) is 2.87. The molecule has 0 saturated heterocycles. The summed E-state index contributed by atoms with van der Waals surface area (Å²) in [7, 11) is -4.04. The summed E-state index contributed by atoms with van der Waals surface area (Å²) < 4.78 is 64.5. The highest BCUT2D eigenvalue weighted by atomic mass is 35.5. The van der Waals surface area contributed by atoms with Gasteiger partial charge >= 0.3 is 6.18 Å². The predicted octanol–water partition coefficient (Wildman–Crippen LogP) is 4.26. The maximum atomic E-state index is 13.1. The number of hydrogen-bond acceptors (Lipinski definition) is 3. The van der Waals surface area contributed by atoms with Crippen molar-refractivity contribution in [3.63, 3.8) is 0 Å². The summed E-state index contributed by atoms with van der Waals surface area (Å²) in [6.07, 6.45) is -3.47. The molecule has 1 amide bonds. The Hall–Kier alpha value is -2.26. The van der Waals surface area contributed by atoms with Crippen LogP contribution in [0.15, 0.2) is 48.5 Å². The average Bonchev–Trinajstić information content (AvgIpc) is 2.58. The fourth-order valence-electron chi connectivity index (χ4n) is 2.98. The van der Waals surface area contributed by atoms with Crippen molar-refractivity contribution in [2.45, 2.75) is 32.0 Å². The summed E-state index contributed by atoms with van der Waals surface area (Å²) >= 11 is 5.60. The lowest BCUT2D eigenvalue weighted by Gasteiger charge is -2.29. The number of sulfonamides is 1. The highest BCUT2D eigenvalue weighted by Gasteiger charge is 2.35. The molecule has 0 fully saturated rings. The third-order valence-corrected chi connectivity index (χ3v) is 5.67. The molecule has 0 heterocycles. The molecular formula is C20H22ClF3N2O3S. The van der Waals surface area contributed by atoms with Crippen molar-refractivity contribution >= 4 is 33.2 Å². The van der Waals surface area contributed by atoms with Gasteiger partial charge in [-0.05, 0) is 44.0 Å². The van der Waals surface area contributed by atoms with E-state index in [0.29, 0.717) is 16.8 Å². The molecule has 0 bridgehead atoms. The first kappa shape index (κ1) is 24.0. The standard InChI is InChI=1S/C20H22ClF3N2O3S/c1-19(2,12-14-7-5-4-6-8-14)25-18(27)13-26(30(3,28)29)15-9-10-17(21)16(11-15)20(22,23)24/h4-11H,12-13H2,1-3H3,(H,25,27). The Morgan fingerprint density at radius 3 is 2.23 bits per heavy atom. The molecule has 10 heteroatoms. The van der Waals surface area contributed by atoms with E-state index in [1.165, 1.54) is 0 Å². The molecule has 5 nitrogen and oxygen atoms in total. The molecular weight excluding hydrogens is 441 g/mol. The number of benzene rings is 2. The van der Waals surface area contributed by atoms with E-state index in [4.69, 9.17) is 11.6 Å². The fraction of sp³-hybridized carbons (Fsp3) is 0.350. The molecule has 2 aromatic carbocycles. The first-order valence-electron chi connectivity index (χ1n) is 8.88. The number of hydrogen-bond donors (Lipinski definition) is 1. The maximum absolute atomic E-state index is 13.1. The minimum absolute atomic E-state index is 0.301. The highest BCUT2D eigenvalue weighted by Crippen LogP contribution is 2.37. The van der Waals surface area contributed by atoms with E-state index in [-0.39, 0.29) is 5.69 Å². The van der Waals surface area contributed by atoms with Crippen LogP contribution in [0.1, 0.15) is 25.0 Å². The van der Waals surface area contributed by atoms with Crippen molar-refractivity contribution in [3.05, 3.63) is 64.7 Å². The summed E-state index contributed by atoms with van der Waals surface area (Å²) in [5.74, 6) is -0.648. The summed E-state index contributed by atoms with van der Waals surface area (Å²) in [5, 5.41) is 2.18. The zero-order valence-electron chi connectivity index (χ0n) is 16.6.